The van der Waals surface area contributed by atoms with Crippen molar-refractivity contribution in [2.75, 3.05) is 18.0 Å². The van der Waals surface area contributed by atoms with Gasteiger partial charge in [-0.3, -0.25) is 4.68 Å². The van der Waals surface area contributed by atoms with Gasteiger partial charge < -0.3 is 14.2 Å². The number of hydrogen-bond donors (Lipinski definition) is 0. The van der Waals surface area contributed by atoms with Crippen LogP contribution < -0.4 is 9.64 Å². The maximum Gasteiger partial charge on any atom is 0.416 e. The van der Waals surface area contributed by atoms with Gasteiger partial charge in [0.05, 0.1) is 23.9 Å². The fraction of sp³-hybridized carbons (Fsp3) is 0.409. The first-order valence-corrected chi connectivity index (χ1v) is 10.9. The van der Waals surface area contributed by atoms with E-state index in [1.807, 2.05) is 30.1 Å². The molecule has 0 amide bonds. The van der Waals surface area contributed by atoms with E-state index in [4.69, 9.17) is 9.72 Å². The Morgan fingerprint density at radius 2 is 2.03 bits per heavy atom. The Labute approximate surface area is 193 Å². The minimum atomic E-state index is -4.41. The molecule has 1 saturated heterocycles. The summed E-state index contributed by atoms with van der Waals surface area (Å²) in [6.45, 7) is 5.68. The SMILES string of the molecule is CCn1ncc(-c2nc3c(O[C@H]4CCN(c5cc(C(F)(F)F)ccn5)C4)ncnc3n2C)c1C. The van der Waals surface area contributed by atoms with E-state index in [0.717, 1.165) is 29.9 Å². The Morgan fingerprint density at radius 1 is 1.21 bits per heavy atom. The van der Waals surface area contributed by atoms with Crippen LogP contribution in [0.3, 0.4) is 0 Å². The Kier molecular flexibility index (Phi) is 5.37. The first-order chi connectivity index (χ1) is 16.3. The molecule has 34 heavy (non-hydrogen) atoms. The zero-order valence-electron chi connectivity index (χ0n) is 18.9. The second-order valence-electron chi connectivity index (χ2n) is 8.18. The zero-order chi connectivity index (χ0) is 24.0. The molecule has 0 aromatic carbocycles. The molecule has 9 nitrogen and oxygen atoms in total. The lowest BCUT2D eigenvalue weighted by Gasteiger charge is -2.19. The number of fused-ring (bicyclic) bond motifs is 1. The van der Waals surface area contributed by atoms with Crippen LogP contribution in [0.5, 0.6) is 5.88 Å². The molecule has 1 aliphatic heterocycles. The topological polar surface area (TPSA) is 86.8 Å². The molecule has 0 N–H and O–H groups in total. The number of aryl methyl sites for hydroxylation is 2. The van der Waals surface area contributed by atoms with Gasteiger partial charge in [0.15, 0.2) is 11.2 Å². The Balaban J connectivity index is 1.39. The molecule has 4 aromatic rings. The summed E-state index contributed by atoms with van der Waals surface area (Å²) in [4.78, 5) is 19.3. The summed E-state index contributed by atoms with van der Waals surface area (Å²) in [6.07, 6.45) is 0.314. The van der Waals surface area contributed by atoms with Gasteiger partial charge in [-0.15, -0.1) is 0 Å². The van der Waals surface area contributed by atoms with Crippen LogP contribution in [0.1, 0.15) is 24.6 Å². The summed E-state index contributed by atoms with van der Waals surface area (Å²) >= 11 is 0. The zero-order valence-corrected chi connectivity index (χ0v) is 18.9. The van der Waals surface area contributed by atoms with E-state index in [2.05, 4.69) is 20.1 Å². The van der Waals surface area contributed by atoms with Gasteiger partial charge in [0, 0.05) is 38.4 Å². The normalized spacial score (nSPS) is 16.5. The number of pyridine rings is 1. The molecular weight excluding hydrogens is 449 g/mol. The van der Waals surface area contributed by atoms with Crippen molar-refractivity contribution in [1.29, 1.82) is 0 Å². The Bertz CT molecular complexity index is 1350. The minimum absolute atomic E-state index is 0.274. The molecule has 1 atom stereocenters. The molecule has 5 rings (SSSR count). The van der Waals surface area contributed by atoms with Gasteiger partial charge in [-0.1, -0.05) is 0 Å². The van der Waals surface area contributed by atoms with E-state index >= 15 is 0 Å². The molecule has 0 spiro atoms. The van der Waals surface area contributed by atoms with Gasteiger partial charge >= 0.3 is 6.18 Å². The van der Waals surface area contributed by atoms with Gasteiger partial charge in [-0.25, -0.2) is 15.0 Å². The van der Waals surface area contributed by atoms with E-state index in [0.29, 0.717) is 42.4 Å². The van der Waals surface area contributed by atoms with Crippen molar-refractivity contribution in [3.8, 4) is 17.3 Å². The molecule has 4 aromatic heterocycles. The number of anilines is 1. The molecule has 0 saturated carbocycles. The highest BCUT2D eigenvalue weighted by Crippen LogP contribution is 2.33. The number of aromatic nitrogens is 7. The predicted molar refractivity (Wildman–Crippen MR) is 118 cm³/mol. The Morgan fingerprint density at radius 3 is 2.76 bits per heavy atom. The molecule has 178 valence electrons. The number of ether oxygens (including phenoxy) is 1. The molecule has 0 aliphatic carbocycles. The number of hydrogen-bond acceptors (Lipinski definition) is 7. The highest BCUT2D eigenvalue weighted by molar-refractivity contribution is 5.81. The first kappa shape index (κ1) is 22.1. The average molecular weight is 472 g/mol. The summed E-state index contributed by atoms with van der Waals surface area (Å²) < 4.78 is 49.1. The molecule has 0 bridgehead atoms. The van der Waals surface area contributed by atoms with Crippen molar-refractivity contribution in [3.63, 3.8) is 0 Å². The fourth-order valence-corrected chi connectivity index (χ4v) is 4.25. The van der Waals surface area contributed by atoms with Crippen molar-refractivity contribution in [2.24, 2.45) is 7.05 Å². The van der Waals surface area contributed by atoms with E-state index in [1.165, 1.54) is 12.5 Å². The second kappa shape index (κ2) is 8.26. The van der Waals surface area contributed by atoms with E-state index in [-0.39, 0.29) is 11.9 Å². The monoisotopic (exact) mass is 472 g/mol. The molecule has 1 aliphatic rings. The van der Waals surface area contributed by atoms with Crippen molar-refractivity contribution in [3.05, 3.63) is 42.1 Å². The molecule has 5 heterocycles. The lowest BCUT2D eigenvalue weighted by atomic mass is 10.2. The van der Waals surface area contributed by atoms with Crippen LogP contribution in [0.2, 0.25) is 0 Å². The first-order valence-electron chi connectivity index (χ1n) is 10.9. The number of halogens is 3. The van der Waals surface area contributed by atoms with Crippen LogP contribution >= 0.6 is 0 Å². The van der Waals surface area contributed by atoms with Crippen LogP contribution in [0.4, 0.5) is 19.0 Å². The molecule has 12 heteroatoms. The Hall–Kier alpha value is -3.70. The quantitative estimate of drug-likeness (QED) is 0.438. The predicted octanol–water partition coefficient (Wildman–Crippen LogP) is 3.63. The average Bonchev–Trinajstić information content (AvgIpc) is 3.51. The largest absolute Gasteiger partial charge is 0.471 e. The van der Waals surface area contributed by atoms with Crippen LogP contribution in [0.15, 0.2) is 30.9 Å². The summed E-state index contributed by atoms with van der Waals surface area (Å²) in [5, 5.41) is 4.40. The maximum absolute atomic E-state index is 13.1. The van der Waals surface area contributed by atoms with E-state index < -0.39 is 11.7 Å². The summed E-state index contributed by atoms with van der Waals surface area (Å²) in [5.74, 6) is 1.33. The van der Waals surface area contributed by atoms with E-state index in [9.17, 15) is 13.2 Å². The highest BCUT2D eigenvalue weighted by atomic mass is 19.4. The van der Waals surface area contributed by atoms with Crippen molar-refractivity contribution in [1.82, 2.24) is 34.3 Å². The standard InChI is InChI=1S/C22H23F3N8O/c1-4-33-13(2)16(10-29-33)19-30-18-20(31(19)3)27-12-28-21(18)34-15-6-8-32(11-15)17-9-14(5-7-26-17)22(23,24)25/h5,7,9-10,12,15H,4,6,8,11H2,1-3H3/t15-/m0/s1. The minimum Gasteiger partial charge on any atom is -0.471 e. The number of imidazole rings is 1. The number of nitrogens with zero attached hydrogens (tertiary/aromatic N) is 8. The number of rotatable bonds is 5. The molecule has 1 fully saturated rings. The van der Waals surface area contributed by atoms with Gasteiger partial charge in [-0.05, 0) is 26.0 Å². The van der Waals surface area contributed by atoms with Gasteiger partial charge in [-0.2, -0.15) is 23.3 Å². The fourth-order valence-electron chi connectivity index (χ4n) is 4.25. The summed E-state index contributed by atoms with van der Waals surface area (Å²) in [6, 6.07) is 2.03. The van der Waals surface area contributed by atoms with Crippen molar-refractivity contribution in [2.45, 2.75) is 39.1 Å². The van der Waals surface area contributed by atoms with Crippen LogP contribution in [0, 0.1) is 6.92 Å². The van der Waals surface area contributed by atoms with Crippen LogP contribution in [-0.2, 0) is 19.8 Å². The molecular formula is C22H23F3N8O. The van der Waals surface area contributed by atoms with Crippen LogP contribution in [-0.4, -0.2) is 53.5 Å². The molecule has 0 radical (unpaired) electrons. The van der Waals surface area contributed by atoms with E-state index in [1.54, 1.807) is 11.1 Å². The third kappa shape index (κ3) is 3.82. The summed E-state index contributed by atoms with van der Waals surface area (Å²) in [7, 11) is 1.88. The second-order valence-corrected chi connectivity index (χ2v) is 8.18. The number of alkyl halides is 3. The highest BCUT2D eigenvalue weighted by Gasteiger charge is 2.33. The van der Waals surface area contributed by atoms with Gasteiger partial charge in [0.2, 0.25) is 5.88 Å². The van der Waals surface area contributed by atoms with Crippen LogP contribution in [0.25, 0.3) is 22.6 Å². The smallest absolute Gasteiger partial charge is 0.416 e. The maximum atomic E-state index is 13.1. The lowest BCUT2D eigenvalue weighted by Crippen LogP contribution is -2.26. The third-order valence-corrected chi connectivity index (χ3v) is 6.09. The molecule has 0 unspecified atom stereocenters. The van der Waals surface area contributed by atoms with Gasteiger partial charge in [0.25, 0.3) is 0 Å². The van der Waals surface area contributed by atoms with Crippen molar-refractivity contribution < 1.29 is 17.9 Å². The third-order valence-electron chi connectivity index (χ3n) is 6.09. The van der Waals surface area contributed by atoms with Crippen molar-refractivity contribution >= 4 is 17.0 Å². The summed E-state index contributed by atoms with van der Waals surface area (Å²) in [5.41, 5.74) is 2.33. The van der Waals surface area contributed by atoms with Gasteiger partial charge in [0.1, 0.15) is 24.1 Å². The lowest BCUT2D eigenvalue weighted by molar-refractivity contribution is -0.137.